The second-order valence-corrected chi connectivity index (χ2v) is 5.17. The lowest BCUT2D eigenvalue weighted by Gasteiger charge is -2.26. The molecule has 1 aliphatic heterocycles. The second-order valence-electron chi connectivity index (χ2n) is 5.17. The highest BCUT2D eigenvalue weighted by atomic mass is 19.1. The monoisotopic (exact) mass is 295 g/mol. The van der Waals surface area contributed by atoms with E-state index >= 15 is 0 Å². The number of anilines is 1. The van der Waals surface area contributed by atoms with Crippen LogP contribution in [0.4, 0.5) is 14.9 Å². The smallest absolute Gasteiger partial charge is 0.321 e. The second kappa shape index (κ2) is 7.95. The topological polar surface area (TPSA) is 53.6 Å². The van der Waals surface area contributed by atoms with E-state index < -0.39 is 0 Å². The van der Waals surface area contributed by atoms with Gasteiger partial charge in [-0.3, -0.25) is 0 Å². The maximum Gasteiger partial charge on any atom is 0.321 e. The van der Waals surface area contributed by atoms with Crippen molar-refractivity contribution in [1.82, 2.24) is 10.2 Å². The standard InChI is InChI=1S/C15H22FN3O2/c1-21-9-8-19(11-14-6-3-7-17-14)15(20)18-13-5-2-4-12(16)10-13/h2,4-5,10,14,17H,3,6-9,11H2,1H3,(H,18,20). The summed E-state index contributed by atoms with van der Waals surface area (Å²) in [5, 5.41) is 6.10. The molecule has 1 atom stereocenters. The summed E-state index contributed by atoms with van der Waals surface area (Å²) in [5.41, 5.74) is 0.460. The lowest BCUT2D eigenvalue weighted by Crippen LogP contribution is -2.44. The minimum absolute atomic E-state index is 0.230. The van der Waals surface area contributed by atoms with Gasteiger partial charge in [-0.2, -0.15) is 0 Å². The van der Waals surface area contributed by atoms with Gasteiger partial charge >= 0.3 is 6.03 Å². The van der Waals surface area contributed by atoms with Crippen LogP contribution < -0.4 is 10.6 Å². The molecule has 0 radical (unpaired) electrons. The average Bonchev–Trinajstić information content (AvgIpc) is 2.96. The van der Waals surface area contributed by atoms with Gasteiger partial charge < -0.3 is 20.3 Å². The number of nitrogens with zero attached hydrogens (tertiary/aromatic N) is 1. The summed E-state index contributed by atoms with van der Waals surface area (Å²) >= 11 is 0. The molecule has 1 saturated heterocycles. The van der Waals surface area contributed by atoms with E-state index in [4.69, 9.17) is 4.74 Å². The summed E-state index contributed by atoms with van der Waals surface area (Å²) in [6, 6.07) is 5.99. The molecule has 1 aliphatic rings. The fourth-order valence-corrected chi connectivity index (χ4v) is 2.42. The number of carbonyl (C=O) groups excluding carboxylic acids is 1. The van der Waals surface area contributed by atoms with Crippen molar-refractivity contribution < 1.29 is 13.9 Å². The van der Waals surface area contributed by atoms with Gasteiger partial charge in [0.15, 0.2) is 0 Å². The van der Waals surface area contributed by atoms with Crippen LogP contribution in [-0.2, 0) is 4.74 Å². The number of ether oxygens (including phenoxy) is 1. The third kappa shape index (κ3) is 4.99. The van der Waals surface area contributed by atoms with E-state index in [2.05, 4.69) is 10.6 Å². The molecule has 2 N–H and O–H groups in total. The van der Waals surface area contributed by atoms with Crippen molar-refractivity contribution in [3.63, 3.8) is 0 Å². The van der Waals surface area contributed by atoms with Gasteiger partial charge in [0, 0.05) is 31.9 Å². The fourth-order valence-electron chi connectivity index (χ4n) is 2.42. The van der Waals surface area contributed by atoms with Crippen molar-refractivity contribution in [2.75, 3.05) is 38.7 Å². The third-order valence-corrected chi connectivity index (χ3v) is 3.53. The molecule has 1 aromatic carbocycles. The Morgan fingerprint density at radius 2 is 2.43 bits per heavy atom. The van der Waals surface area contributed by atoms with E-state index in [-0.39, 0.29) is 11.8 Å². The number of amides is 2. The van der Waals surface area contributed by atoms with Crippen LogP contribution in [-0.4, -0.2) is 50.3 Å². The molecular weight excluding hydrogens is 273 g/mol. The van der Waals surface area contributed by atoms with E-state index in [1.54, 1.807) is 24.1 Å². The number of rotatable bonds is 6. The molecule has 2 amide bonds. The van der Waals surface area contributed by atoms with Crippen molar-refractivity contribution >= 4 is 11.7 Å². The van der Waals surface area contributed by atoms with Crippen molar-refractivity contribution in [3.05, 3.63) is 30.1 Å². The zero-order chi connectivity index (χ0) is 15.1. The molecule has 21 heavy (non-hydrogen) atoms. The summed E-state index contributed by atoms with van der Waals surface area (Å²) < 4.78 is 18.2. The number of carbonyl (C=O) groups is 1. The molecule has 0 aliphatic carbocycles. The molecule has 116 valence electrons. The van der Waals surface area contributed by atoms with Crippen LogP contribution in [0.15, 0.2) is 24.3 Å². The Balaban J connectivity index is 1.95. The Hall–Kier alpha value is -1.66. The average molecular weight is 295 g/mol. The molecule has 0 spiro atoms. The fraction of sp³-hybridized carbons (Fsp3) is 0.533. The van der Waals surface area contributed by atoms with Crippen LogP contribution in [0, 0.1) is 5.82 Å². The molecule has 0 aromatic heterocycles. The zero-order valence-electron chi connectivity index (χ0n) is 12.3. The quantitative estimate of drug-likeness (QED) is 0.844. The lowest BCUT2D eigenvalue weighted by molar-refractivity contribution is 0.151. The van der Waals surface area contributed by atoms with Crippen LogP contribution in [0.5, 0.6) is 0 Å². The Morgan fingerprint density at radius 3 is 3.10 bits per heavy atom. The van der Waals surface area contributed by atoms with Gasteiger partial charge in [0.25, 0.3) is 0 Å². The predicted octanol–water partition coefficient (Wildman–Crippen LogP) is 2.06. The number of halogens is 1. The maximum absolute atomic E-state index is 13.2. The van der Waals surface area contributed by atoms with Gasteiger partial charge in [-0.1, -0.05) is 6.07 Å². The molecule has 1 fully saturated rings. The van der Waals surface area contributed by atoms with Crippen molar-refractivity contribution in [2.24, 2.45) is 0 Å². The van der Waals surface area contributed by atoms with Crippen molar-refractivity contribution in [2.45, 2.75) is 18.9 Å². The zero-order valence-corrected chi connectivity index (χ0v) is 12.3. The van der Waals surface area contributed by atoms with E-state index in [1.807, 2.05) is 0 Å². The largest absolute Gasteiger partial charge is 0.383 e. The SMILES string of the molecule is COCCN(CC1CCCN1)C(=O)Nc1cccc(F)c1. The van der Waals surface area contributed by atoms with Crippen molar-refractivity contribution in [1.29, 1.82) is 0 Å². The van der Waals surface area contributed by atoms with Crippen LogP contribution >= 0.6 is 0 Å². The minimum Gasteiger partial charge on any atom is -0.383 e. The van der Waals surface area contributed by atoms with Gasteiger partial charge in [0.2, 0.25) is 0 Å². The Kier molecular flexibility index (Phi) is 5.95. The van der Waals surface area contributed by atoms with Gasteiger partial charge in [-0.15, -0.1) is 0 Å². The highest BCUT2D eigenvalue weighted by Gasteiger charge is 2.21. The van der Waals surface area contributed by atoms with E-state index in [9.17, 15) is 9.18 Å². The predicted molar refractivity (Wildman–Crippen MR) is 79.9 cm³/mol. The van der Waals surface area contributed by atoms with Crippen molar-refractivity contribution in [3.8, 4) is 0 Å². The third-order valence-electron chi connectivity index (χ3n) is 3.53. The summed E-state index contributed by atoms with van der Waals surface area (Å²) in [4.78, 5) is 14.0. The van der Waals surface area contributed by atoms with Gasteiger partial charge in [0.1, 0.15) is 5.82 Å². The molecular formula is C15H22FN3O2. The Labute approximate surface area is 124 Å². The first-order chi connectivity index (χ1) is 10.2. The normalized spacial score (nSPS) is 17.7. The van der Waals surface area contributed by atoms with Gasteiger partial charge in [0.05, 0.1) is 6.61 Å². The number of urea groups is 1. The first-order valence-electron chi connectivity index (χ1n) is 7.23. The molecule has 5 nitrogen and oxygen atoms in total. The number of nitrogens with one attached hydrogen (secondary N) is 2. The van der Waals surface area contributed by atoms with Crippen LogP contribution in [0.2, 0.25) is 0 Å². The number of hydrogen-bond donors (Lipinski definition) is 2. The number of hydrogen-bond acceptors (Lipinski definition) is 3. The summed E-state index contributed by atoms with van der Waals surface area (Å²) in [6.07, 6.45) is 2.20. The minimum atomic E-state index is -0.367. The lowest BCUT2D eigenvalue weighted by atomic mass is 10.2. The number of benzene rings is 1. The van der Waals surface area contributed by atoms with Gasteiger partial charge in [-0.25, -0.2) is 9.18 Å². The Morgan fingerprint density at radius 1 is 1.57 bits per heavy atom. The summed E-state index contributed by atoms with van der Waals surface area (Å²) in [5.74, 6) is -0.367. The molecule has 2 rings (SSSR count). The molecule has 1 aromatic rings. The van der Waals surface area contributed by atoms with Crippen LogP contribution in [0.3, 0.4) is 0 Å². The highest BCUT2D eigenvalue weighted by Crippen LogP contribution is 2.12. The first kappa shape index (κ1) is 15.7. The molecule has 6 heteroatoms. The van der Waals surface area contributed by atoms with Gasteiger partial charge in [-0.05, 0) is 37.6 Å². The van der Waals surface area contributed by atoms with E-state index in [0.717, 1.165) is 19.4 Å². The van der Waals surface area contributed by atoms with Crippen LogP contribution in [0.1, 0.15) is 12.8 Å². The van der Waals surface area contributed by atoms with E-state index in [0.29, 0.717) is 31.4 Å². The van der Waals surface area contributed by atoms with E-state index in [1.165, 1.54) is 12.1 Å². The molecule has 1 heterocycles. The first-order valence-corrected chi connectivity index (χ1v) is 7.23. The van der Waals surface area contributed by atoms with Crippen LogP contribution in [0.25, 0.3) is 0 Å². The number of methoxy groups -OCH3 is 1. The molecule has 0 saturated carbocycles. The maximum atomic E-state index is 13.2. The summed E-state index contributed by atoms with van der Waals surface area (Å²) in [6.45, 7) is 2.61. The molecule has 0 bridgehead atoms. The molecule has 1 unspecified atom stereocenters. The summed E-state index contributed by atoms with van der Waals surface area (Å²) in [7, 11) is 1.61. The Bertz CT molecular complexity index is 464. The highest BCUT2D eigenvalue weighted by molar-refractivity contribution is 5.89.